The lowest BCUT2D eigenvalue weighted by Gasteiger charge is -2.09. The SMILES string of the molecule is Cc1ccc(C)c(OCc2nnc(SC(C)C(=O)c3ccc(NS(C)(=O)=O)cc3)o2)c1. The molecule has 8 nitrogen and oxygen atoms in total. The van der Waals surface area contributed by atoms with Crippen LogP contribution in [0, 0.1) is 13.8 Å². The van der Waals surface area contributed by atoms with E-state index in [9.17, 15) is 13.2 Å². The van der Waals surface area contributed by atoms with Gasteiger partial charge in [-0.3, -0.25) is 9.52 Å². The predicted molar refractivity (Wildman–Crippen MR) is 119 cm³/mol. The van der Waals surface area contributed by atoms with Crippen LogP contribution >= 0.6 is 11.8 Å². The number of carbonyl (C=O) groups is 1. The molecule has 0 aliphatic carbocycles. The third-order valence-corrected chi connectivity index (χ3v) is 5.80. The average Bonchev–Trinajstić information content (AvgIpc) is 3.14. The largest absolute Gasteiger partial charge is 0.484 e. The Balaban J connectivity index is 1.58. The number of benzene rings is 2. The van der Waals surface area contributed by atoms with Gasteiger partial charge in [0.05, 0.1) is 11.5 Å². The van der Waals surface area contributed by atoms with Crippen LogP contribution in [-0.4, -0.2) is 35.9 Å². The van der Waals surface area contributed by atoms with Crippen LogP contribution in [-0.2, 0) is 16.6 Å². The predicted octanol–water partition coefficient (Wildman–Crippen LogP) is 4.00. The van der Waals surface area contributed by atoms with Crippen LogP contribution in [0.5, 0.6) is 5.75 Å². The fraction of sp³-hybridized carbons (Fsp3) is 0.286. The molecule has 0 spiro atoms. The molecular formula is C21H23N3O5S2. The molecular weight excluding hydrogens is 438 g/mol. The maximum Gasteiger partial charge on any atom is 0.277 e. The van der Waals surface area contributed by atoms with E-state index in [0.717, 1.165) is 34.9 Å². The number of carbonyl (C=O) groups excluding carboxylic acids is 1. The zero-order chi connectivity index (χ0) is 22.6. The van der Waals surface area contributed by atoms with Crippen LogP contribution in [0.25, 0.3) is 0 Å². The molecule has 164 valence electrons. The maximum atomic E-state index is 12.7. The van der Waals surface area contributed by atoms with Crippen LogP contribution in [0.15, 0.2) is 52.1 Å². The number of hydrogen-bond donors (Lipinski definition) is 1. The van der Waals surface area contributed by atoms with Gasteiger partial charge < -0.3 is 9.15 Å². The van der Waals surface area contributed by atoms with Crippen molar-refractivity contribution in [1.82, 2.24) is 10.2 Å². The topological polar surface area (TPSA) is 111 Å². The van der Waals surface area contributed by atoms with Gasteiger partial charge in [0.15, 0.2) is 12.4 Å². The Labute approximate surface area is 185 Å². The second-order valence-corrected chi connectivity index (χ2v) is 10.1. The number of aromatic nitrogens is 2. The Morgan fingerprint density at radius 3 is 2.55 bits per heavy atom. The van der Waals surface area contributed by atoms with E-state index >= 15 is 0 Å². The third kappa shape index (κ3) is 6.56. The van der Waals surface area contributed by atoms with Crippen LogP contribution in [0.4, 0.5) is 5.69 Å². The van der Waals surface area contributed by atoms with Crippen molar-refractivity contribution in [2.45, 2.75) is 37.9 Å². The highest BCUT2D eigenvalue weighted by molar-refractivity contribution is 8.00. The summed E-state index contributed by atoms with van der Waals surface area (Å²) < 4.78 is 36.3. The number of Topliss-reactive ketones (excluding diaryl/α,β-unsaturated/α-hetero) is 1. The molecule has 1 N–H and O–H groups in total. The van der Waals surface area contributed by atoms with E-state index < -0.39 is 15.3 Å². The van der Waals surface area contributed by atoms with Crippen molar-refractivity contribution < 1.29 is 22.4 Å². The number of thioether (sulfide) groups is 1. The van der Waals surface area contributed by atoms with Crippen molar-refractivity contribution in [1.29, 1.82) is 0 Å². The second kappa shape index (κ2) is 9.52. The van der Waals surface area contributed by atoms with Crippen molar-refractivity contribution in [3.05, 3.63) is 65.0 Å². The van der Waals surface area contributed by atoms with Crippen molar-refractivity contribution in [3.8, 4) is 5.75 Å². The number of nitrogens with one attached hydrogen (secondary N) is 1. The van der Waals surface area contributed by atoms with E-state index in [1.807, 2.05) is 32.0 Å². The molecule has 0 amide bonds. The standard InChI is InChI=1S/C21H23N3O5S2/c1-13-5-6-14(2)18(11-13)28-12-19-22-23-21(29-19)30-15(3)20(25)16-7-9-17(10-8-16)24-31(4,26)27/h5-11,15,24H,12H2,1-4H3. The highest BCUT2D eigenvalue weighted by Crippen LogP contribution is 2.26. The number of ether oxygens (including phenoxy) is 1. The van der Waals surface area contributed by atoms with Crippen LogP contribution in [0.3, 0.4) is 0 Å². The number of sulfonamides is 1. The first kappa shape index (κ1) is 22.8. The van der Waals surface area contributed by atoms with E-state index in [1.165, 1.54) is 0 Å². The van der Waals surface area contributed by atoms with E-state index in [2.05, 4.69) is 14.9 Å². The second-order valence-electron chi connectivity index (χ2n) is 7.10. The first-order valence-electron chi connectivity index (χ1n) is 9.42. The zero-order valence-corrected chi connectivity index (χ0v) is 19.2. The van der Waals surface area contributed by atoms with Gasteiger partial charge in [0.1, 0.15) is 5.75 Å². The number of hydrogen-bond acceptors (Lipinski definition) is 8. The number of rotatable bonds is 9. The first-order valence-corrected chi connectivity index (χ1v) is 12.2. The molecule has 0 saturated heterocycles. The van der Waals surface area contributed by atoms with Crippen molar-refractivity contribution in [2.24, 2.45) is 0 Å². The summed E-state index contributed by atoms with van der Waals surface area (Å²) in [6.07, 6.45) is 1.07. The minimum absolute atomic E-state index is 0.134. The van der Waals surface area contributed by atoms with Crippen LogP contribution in [0.2, 0.25) is 0 Å². The Hall–Kier alpha value is -2.85. The minimum Gasteiger partial charge on any atom is -0.484 e. The summed E-state index contributed by atoms with van der Waals surface area (Å²) >= 11 is 1.15. The van der Waals surface area contributed by atoms with E-state index in [4.69, 9.17) is 9.15 Å². The van der Waals surface area contributed by atoms with Gasteiger partial charge in [-0.25, -0.2) is 8.42 Å². The Bertz CT molecular complexity index is 1170. The molecule has 0 bridgehead atoms. The van der Waals surface area contributed by atoms with Gasteiger partial charge in [-0.05, 0) is 62.2 Å². The number of anilines is 1. The molecule has 31 heavy (non-hydrogen) atoms. The number of ketones is 1. The van der Waals surface area contributed by atoms with Crippen molar-refractivity contribution in [2.75, 3.05) is 11.0 Å². The molecule has 0 saturated carbocycles. The van der Waals surface area contributed by atoms with Gasteiger partial charge >= 0.3 is 0 Å². The molecule has 0 aliphatic rings. The monoisotopic (exact) mass is 461 g/mol. The number of nitrogens with zero attached hydrogens (tertiary/aromatic N) is 2. The van der Waals surface area contributed by atoms with Crippen LogP contribution < -0.4 is 9.46 Å². The summed E-state index contributed by atoms with van der Waals surface area (Å²) in [5, 5.41) is 7.75. The summed E-state index contributed by atoms with van der Waals surface area (Å²) in [5.41, 5.74) is 2.95. The lowest BCUT2D eigenvalue weighted by molar-refractivity contribution is 0.0993. The Morgan fingerprint density at radius 1 is 1.16 bits per heavy atom. The molecule has 2 aromatic carbocycles. The molecule has 1 heterocycles. The highest BCUT2D eigenvalue weighted by Gasteiger charge is 2.20. The molecule has 0 radical (unpaired) electrons. The van der Waals surface area contributed by atoms with E-state index in [-0.39, 0.29) is 17.6 Å². The third-order valence-electron chi connectivity index (χ3n) is 4.26. The molecule has 10 heteroatoms. The normalized spacial score (nSPS) is 12.4. The van der Waals surface area contributed by atoms with E-state index in [1.54, 1.807) is 31.2 Å². The average molecular weight is 462 g/mol. The highest BCUT2D eigenvalue weighted by atomic mass is 32.2. The van der Waals surface area contributed by atoms with Gasteiger partial charge in [0.25, 0.3) is 11.1 Å². The number of aryl methyl sites for hydroxylation is 2. The van der Waals surface area contributed by atoms with Gasteiger partial charge in [-0.1, -0.05) is 23.9 Å². The molecule has 1 aromatic heterocycles. The van der Waals surface area contributed by atoms with Gasteiger partial charge in [-0.15, -0.1) is 10.2 Å². The summed E-state index contributed by atoms with van der Waals surface area (Å²) in [6, 6.07) is 12.2. The molecule has 0 fully saturated rings. The van der Waals surface area contributed by atoms with Gasteiger partial charge in [0.2, 0.25) is 10.0 Å². The summed E-state index contributed by atoms with van der Waals surface area (Å²) in [7, 11) is -3.37. The quantitative estimate of drug-likeness (QED) is 0.376. The van der Waals surface area contributed by atoms with Gasteiger partial charge in [0, 0.05) is 11.3 Å². The van der Waals surface area contributed by atoms with E-state index in [0.29, 0.717) is 17.1 Å². The molecule has 0 aliphatic heterocycles. The van der Waals surface area contributed by atoms with Crippen molar-refractivity contribution in [3.63, 3.8) is 0 Å². The fourth-order valence-electron chi connectivity index (χ4n) is 2.70. The summed E-state index contributed by atoms with van der Waals surface area (Å²) in [6.45, 7) is 5.82. The molecule has 1 atom stereocenters. The smallest absolute Gasteiger partial charge is 0.277 e. The lowest BCUT2D eigenvalue weighted by atomic mass is 10.1. The molecule has 1 unspecified atom stereocenters. The van der Waals surface area contributed by atoms with Gasteiger partial charge in [-0.2, -0.15) is 0 Å². The summed E-state index contributed by atoms with van der Waals surface area (Å²) in [5.74, 6) is 0.936. The van der Waals surface area contributed by atoms with Crippen molar-refractivity contribution >= 4 is 33.3 Å². The Kier molecular flexibility index (Phi) is 7.01. The lowest BCUT2D eigenvalue weighted by Crippen LogP contribution is -2.14. The first-order chi connectivity index (χ1) is 14.6. The summed E-state index contributed by atoms with van der Waals surface area (Å²) in [4.78, 5) is 12.7. The maximum absolute atomic E-state index is 12.7. The molecule has 3 aromatic rings. The fourth-order valence-corrected chi connectivity index (χ4v) is 4.04. The van der Waals surface area contributed by atoms with Crippen LogP contribution in [0.1, 0.15) is 34.3 Å². The molecule has 3 rings (SSSR count). The minimum atomic E-state index is -3.37. The zero-order valence-electron chi connectivity index (χ0n) is 17.6. The Morgan fingerprint density at radius 2 is 1.87 bits per heavy atom.